The quantitative estimate of drug-likeness (QED) is 0.942. The third-order valence-electron chi connectivity index (χ3n) is 3.91. The molecule has 21 heavy (non-hydrogen) atoms. The van der Waals surface area contributed by atoms with Crippen molar-refractivity contribution in [3.8, 4) is 5.75 Å². The molecule has 1 heterocycles. The fourth-order valence-corrected chi connectivity index (χ4v) is 2.85. The molecule has 4 heteroatoms. The number of hydrogen-bond acceptors (Lipinski definition) is 3. The monoisotopic (exact) mass is 302 g/mol. The zero-order valence-electron chi connectivity index (χ0n) is 11.9. The SMILES string of the molecule is Oc1ccccc1N1CCN(Cc2ccc(Cl)cc2)CC1. The number of halogens is 1. The molecule has 0 unspecified atom stereocenters. The van der Waals surface area contributed by atoms with Gasteiger partial charge in [0, 0.05) is 37.7 Å². The second-order valence-electron chi connectivity index (χ2n) is 5.38. The Morgan fingerprint density at radius 2 is 1.57 bits per heavy atom. The van der Waals surface area contributed by atoms with Gasteiger partial charge in [-0.05, 0) is 29.8 Å². The smallest absolute Gasteiger partial charge is 0.138 e. The van der Waals surface area contributed by atoms with Crippen molar-refractivity contribution in [3.63, 3.8) is 0 Å². The molecule has 0 atom stereocenters. The first-order valence-corrected chi connectivity index (χ1v) is 7.60. The van der Waals surface area contributed by atoms with Crippen LogP contribution in [0.4, 0.5) is 5.69 Å². The van der Waals surface area contributed by atoms with E-state index in [0.29, 0.717) is 5.75 Å². The second kappa shape index (κ2) is 6.37. The summed E-state index contributed by atoms with van der Waals surface area (Å²) in [5.74, 6) is 0.364. The van der Waals surface area contributed by atoms with Crippen LogP contribution in [0.2, 0.25) is 5.02 Å². The fourth-order valence-electron chi connectivity index (χ4n) is 2.73. The highest BCUT2D eigenvalue weighted by Gasteiger charge is 2.18. The van der Waals surface area contributed by atoms with E-state index in [2.05, 4.69) is 21.9 Å². The summed E-state index contributed by atoms with van der Waals surface area (Å²) < 4.78 is 0. The number of phenols is 1. The van der Waals surface area contributed by atoms with E-state index in [1.54, 1.807) is 6.07 Å². The summed E-state index contributed by atoms with van der Waals surface area (Å²) in [4.78, 5) is 4.67. The molecule has 1 saturated heterocycles. The van der Waals surface area contributed by atoms with Gasteiger partial charge in [-0.15, -0.1) is 0 Å². The molecule has 3 rings (SSSR count). The molecule has 1 aliphatic heterocycles. The molecule has 1 aliphatic rings. The lowest BCUT2D eigenvalue weighted by Gasteiger charge is -2.36. The van der Waals surface area contributed by atoms with Gasteiger partial charge in [0.1, 0.15) is 5.75 Å². The molecule has 1 fully saturated rings. The van der Waals surface area contributed by atoms with Crippen LogP contribution in [0, 0.1) is 0 Å². The number of nitrogens with zero attached hydrogens (tertiary/aromatic N) is 2. The first-order valence-electron chi connectivity index (χ1n) is 7.22. The van der Waals surface area contributed by atoms with Crippen molar-refractivity contribution in [1.29, 1.82) is 0 Å². The van der Waals surface area contributed by atoms with E-state index < -0.39 is 0 Å². The Balaban J connectivity index is 1.58. The maximum absolute atomic E-state index is 9.92. The molecule has 0 aliphatic carbocycles. The average molecular weight is 303 g/mol. The fraction of sp³-hybridized carbons (Fsp3) is 0.294. The number of hydrogen-bond donors (Lipinski definition) is 1. The molecule has 2 aromatic rings. The lowest BCUT2D eigenvalue weighted by atomic mass is 10.2. The molecule has 0 radical (unpaired) electrons. The first-order chi connectivity index (χ1) is 10.2. The molecular formula is C17H19ClN2O. The van der Waals surface area contributed by atoms with E-state index >= 15 is 0 Å². The van der Waals surface area contributed by atoms with Crippen molar-refractivity contribution in [1.82, 2.24) is 4.90 Å². The van der Waals surface area contributed by atoms with Gasteiger partial charge in [-0.25, -0.2) is 0 Å². The second-order valence-corrected chi connectivity index (χ2v) is 5.81. The predicted molar refractivity (Wildman–Crippen MR) is 87.0 cm³/mol. The molecule has 0 saturated carbocycles. The van der Waals surface area contributed by atoms with Gasteiger partial charge >= 0.3 is 0 Å². The number of aromatic hydroxyl groups is 1. The molecule has 0 spiro atoms. The Bertz CT molecular complexity index is 592. The Morgan fingerprint density at radius 1 is 0.905 bits per heavy atom. The number of piperazine rings is 1. The highest BCUT2D eigenvalue weighted by Crippen LogP contribution is 2.27. The topological polar surface area (TPSA) is 26.7 Å². The van der Waals surface area contributed by atoms with Gasteiger partial charge in [0.05, 0.1) is 5.69 Å². The van der Waals surface area contributed by atoms with Gasteiger partial charge in [-0.1, -0.05) is 35.9 Å². The van der Waals surface area contributed by atoms with Crippen LogP contribution in [0.3, 0.4) is 0 Å². The molecule has 0 amide bonds. The Morgan fingerprint density at radius 3 is 2.24 bits per heavy atom. The predicted octanol–water partition coefficient (Wildman–Crippen LogP) is 3.37. The van der Waals surface area contributed by atoms with Gasteiger partial charge in [0.25, 0.3) is 0 Å². The third kappa shape index (κ3) is 3.49. The number of para-hydroxylation sites is 2. The van der Waals surface area contributed by atoms with Crippen LogP contribution in [0.1, 0.15) is 5.56 Å². The van der Waals surface area contributed by atoms with E-state index in [0.717, 1.165) is 43.4 Å². The summed E-state index contributed by atoms with van der Waals surface area (Å²) in [5.41, 5.74) is 2.22. The molecule has 1 N–H and O–H groups in total. The van der Waals surface area contributed by atoms with E-state index in [-0.39, 0.29) is 0 Å². The van der Waals surface area contributed by atoms with E-state index in [4.69, 9.17) is 11.6 Å². The number of rotatable bonds is 3. The van der Waals surface area contributed by atoms with Gasteiger partial charge in [0.2, 0.25) is 0 Å². The largest absolute Gasteiger partial charge is 0.506 e. The zero-order chi connectivity index (χ0) is 14.7. The van der Waals surface area contributed by atoms with Crippen LogP contribution < -0.4 is 4.90 Å². The number of anilines is 1. The van der Waals surface area contributed by atoms with Gasteiger partial charge in [0.15, 0.2) is 0 Å². The zero-order valence-corrected chi connectivity index (χ0v) is 12.6. The van der Waals surface area contributed by atoms with Gasteiger partial charge in [-0.2, -0.15) is 0 Å². The Labute approximate surface area is 130 Å². The number of phenolic OH excluding ortho intramolecular Hbond substituents is 1. The third-order valence-corrected chi connectivity index (χ3v) is 4.17. The minimum atomic E-state index is 0.364. The maximum Gasteiger partial charge on any atom is 0.138 e. The molecule has 2 aromatic carbocycles. The average Bonchev–Trinajstić information content (AvgIpc) is 2.51. The van der Waals surface area contributed by atoms with Crippen molar-refractivity contribution >= 4 is 17.3 Å². The summed E-state index contributed by atoms with van der Waals surface area (Å²) >= 11 is 5.91. The Hall–Kier alpha value is -1.71. The van der Waals surface area contributed by atoms with Crippen molar-refractivity contribution in [2.45, 2.75) is 6.54 Å². The van der Waals surface area contributed by atoms with Crippen LogP contribution >= 0.6 is 11.6 Å². The number of benzene rings is 2. The van der Waals surface area contributed by atoms with Crippen molar-refractivity contribution < 1.29 is 5.11 Å². The molecule has 110 valence electrons. The van der Waals surface area contributed by atoms with Crippen LogP contribution in [-0.4, -0.2) is 36.2 Å². The van der Waals surface area contributed by atoms with Crippen LogP contribution in [-0.2, 0) is 6.54 Å². The van der Waals surface area contributed by atoms with E-state index in [1.807, 2.05) is 30.3 Å². The lowest BCUT2D eigenvalue weighted by Crippen LogP contribution is -2.45. The van der Waals surface area contributed by atoms with Gasteiger partial charge < -0.3 is 10.0 Å². The van der Waals surface area contributed by atoms with Crippen LogP contribution in [0.5, 0.6) is 5.75 Å². The van der Waals surface area contributed by atoms with E-state index in [1.165, 1.54) is 5.56 Å². The van der Waals surface area contributed by atoms with Gasteiger partial charge in [-0.3, -0.25) is 4.90 Å². The van der Waals surface area contributed by atoms with Crippen LogP contribution in [0.25, 0.3) is 0 Å². The maximum atomic E-state index is 9.92. The molecular weight excluding hydrogens is 284 g/mol. The van der Waals surface area contributed by atoms with Crippen molar-refractivity contribution in [2.24, 2.45) is 0 Å². The normalized spacial score (nSPS) is 16.1. The molecule has 0 aromatic heterocycles. The summed E-state index contributed by atoms with van der Waals surface area (Å²) in [6.07, 6.45) is 0. The summed E-state index contributed by atoms with van der Waals surface area (Å²) in [6, 6.07) is 15.6. The minimum absolute atomic E-state index is 0.364. The van der Waals surface area contributed by atoms with Crippen LogP contribution in [0.15, 0.2) is 48.5 Å². The lowest BCUT2D eigenvalue weighted by molar-refractivity contribution is 0.249. The minimum Gasteiger partial charge on any atom is -0.506 e. The summed E-state index contributed by atoms with van der Waals surface area (Å²) in [5, 5.41) is 10.7. The Kier molecular flexibility index (Phi) is 4.32. The summed E-state index contributed by atoms with van der Waals surface area (Å²) in [7, 11) is 0. The molecule has 0 bridgehead atoms. The highest BCUT2D eigenvalue weighted by molar-refractivity contribution is 6.30. The highest BCUT2D eigenvalue weighted by atomic mass is 35.5. The molecule has 3 nitrogen and oxygen atoms in total. The standard InChI is InChI=1S/C17H19ClN2O/c18-15-7-5-14(6-8-15)13-19-9-11-20(12-10-19)16-3-1-2-4-17(16)21/h1-8,21H,9-13H2. The van der Waals surface area contributed by atoms with E-state index in [9.17, 15) is 5.11 Å². The first kappa shape index (κ1) is 14.2. The van der Waals surface area contributed by atoms with Crippen molar-refractivity contribution in [3.05, 3.63) is 59.1 Å². The summed E-state index contributed by atoms with van der Waals surface area (Å²) in [6.45, 7) is 4.82. The van der Waals surface area contributed by atoms with Crippen molar-refractivity contribution in [2.75, 3.05) is 31.1 Å².